The monoisotopic (exact) mass is 390 g/mol. The Morgan fingerprint density at radius 1 is 1.32 bits per heavy atom. The molecule has 1 aromatic carbocycles. The molecule has 5 nitrogen and oxygen atoms in total. The van der Waals surface area contributed by atoms with Crippen LogP contribution in [0.3, 0.4) is 0 Å². The van der Waals surface area contributed by atoms with E-state index in [2.05, 4.69) is 10.3 Å². The van der Waals surface area contributed by atoms with Crippen LogP contribution in [0.4, 0.5) is 4.39 Å². The molecule has 0 aliphatic heterocycles. The highest BCUT2D eigenvalue weighted by Gasteiger charge is 2.34. The molecule has 25 heavy (non-hydrogen) atoms. The molecule has 140 valence electrons. The molecule has 0 saturated heterocycles. The van der Waals surface area contributed by atoms with E-state index in [0.717, 1.165) is 43.4 Å². The minimum atomic E-state index is -0.725. The number of hydrogen-bond acceptors (Lipinski definition) is 3. The van der Waals surface area contributed by atoms with Gasteiger partial charge in [-0.1, -0.05) is 25.3 Å². The van der Waals surface area contributed by atoms with Gasteiger partial charge in [-0.25, -0.2) is 9.37 Å². The molecule has 0 atom stereocenters. The third kappa shape index (κ3) is 4.43. The standard InChI is InChI=1S/C17H23FN4O.2ClH/c1-22-13-7-5-6-12(18)15(13)21-14(22)8-11-20-16(23)17(19)9-3-2-4-10-17;;/h5-7H,2-4,8-11,19H2,1H3,(H,20,23);2*1H. The molecule has 1 aliphatic rings. The van der Waals surface area contributed by atoms with Crippen LogP contribution in [0.2, 0.25) is 0 Å². The van der Waals surface area contributed by atoms with Gasteiger partial charge in [-0.3, -0.25) is 4.79 Å². The second-order valence-corrected chi connectivity index (χ2v) is 6.42. The molecular weight excluding hydrogens is 366 g/mol. The first-order valence-electron chi connectivity index (χ1n) is 8.18. The highest BCUT2D eigenvalue weighted by atomic mass is 35.5. The smallest absolute Gasteiger partial charge is 0.240 e. The first-order valence-corrected chi connectivity index (χ1v) is 8.18. The van der Waals surface area contributed by atoms with Gasteiger partial charge >= 0.3 is 0 Å². The number of benzene rings is 1. The van der Waals surface area contributed by atoms with Crippen molar-refractivity contribution >= 4 is 41.8 Å². The van der Waals surface area contributed by atoms with E-state index in [1.54, 1.807) is 6.07 Å². The minimum Gasteiger partial charge on any atom is -0.354 e. The number of aromatic nitrogens is 2. The maximum Gasteiger partial charge on any atom is 0.240 e. The molecule has 1 fully saturated rings. The van der Waals surface area contributed by atoms with E-state index < -0.39 is 5.54 Å². The molecule has 1 aliphatic carbocycles. The number of para-hydroxylation sites is 1. The van der Waals surface area contributed by atoms with Crippen LogP contribution in [0.1, 0.15) is 37.9 Å². The molecule has 2 aromatic rings. The average Bonchev–Trinajstić information content (AvgIpc) is 2.86. The number of aryl methyl sites for hydroxylation is 1. The van der Waals surface area contributed by atoms with Gasteiger partial charge in [-0.15, -0.1) is 24.8 Å². The molecule has 1 aromatic heterocycles. The van der Waals surface area contributed by atoms with E-state index in [4.69, 9.17) is 5.73 Å². The van der Waals surface area contributed by atoms with Crippen molar-refractivity contribution in [3.8, 4) is 0 Å². The zero-order chi connectivity index (χ0) is 16.4. The number of imidazole rings is 1. The van der Waals surface area contributed by atoms with Crippen LogP contribution >= 0.6 is 24.8 Å². The Morgan fingerprint density at radius 3 is 2.64 bits per heavy atom. The number of rotatable bonds is 4. The van der Waals surface area contributed by atoms with Crippen molar-refractivity contribution in [1.82, 2.24) is 14.9 Å². The van der Waals surface area contributed by atoms with Crippen LogP contribution < -0.4 is 11.1 Å². The maximum atomic E-state index is 13.8. The zero-order valence-electron chi connectivity index (χ0n) is 14.3. The lowest BCUT2D eigenvalue weighted by atomic mass is 9.82. The van der Waals surface area contributed by atoms with Gasteiger partial charge in [0.25, 0.3) is 0 Å². The van der Waals surface area contributed by atoms with Crippen LogP contribution in [-0.4, -0.2) is 27.5 Å². The minimum absolute atomic E-state index is 0. The number of hydrogen-bond donors (Lipinski definition) is 2. The fourth-order valence-corrected chi connectivity index (χ4v) is 3.33. The van der Waals surface area contributed by atoms with E-state index >= 15 is 0 Å². The molecule has 0 spiro atoms. The molecule has 8 heteroatoms. The fraction of sp³-hybridized carbons (Fsp3) is 0.529. The van der Waals surface area contributed by atoms with Gasteiger partial charge in [0.15, 0.2) is 5.82 Å². The zero-order valence-corrected chi connectivity index (χ0v) is 15.9. The summed E-state index contributed by atoms with van der Waals surface area (Å²) in [6.07, 6.45) is 5.21. The summed E-state index contributed by atoms with van der Waals surface area (Å²) in [6, 6.07) is 4.92. The van der Waals surface area contributed by atoms with E-state index in [1.165, 1.54) is 6.07 Å². The molecule has 3 N–H and O–H groups in total. The van der Waals surface area contributed by atoms with Crippen LogP contribution in [0.25, 0.3) is 11.0 Å². The lowest BCUT2D eigenvalue weighted by Gasteiger charge is -2.31. The molecule has 0 bridgehead atoms. The quantitative estimate of drug-likeness (QED) is 0.842. The second-order valence-electron chi connectivity index (χ2n) is 6.42. The van der Waals surface area contributed by atoms with Crippen LogP contribution in [0, 0.1) is 5.82 Å². The van der Waals surface area contributed by atoms with Crippen molar-refractivity contribution in [2.75, 3.05) is 6.54 Å². The normalized spacial score (nSPS) is 16.0. The summed E-state index contributed by atoms with van der Waals surface area (Å²) in [7, 11) is 1.86. The van der Waals surface area contributed by atoms with Crippen molar-refractivity contribution in [2.45, 2.75) is 44.1 Å². The predicted molar refractivity (Wildman–Crippen MR) is 102 cm³/mol. The Hall–Kier alpha value is -1.37. The van der Waals surface area contributed by atoms with Crippen LogP contribution in [-0.2, 0) is 18.3 Å². The molecule has 1 heterocycles. The summed E-state index contributed by atoms with van der Waals surface area (Å²) in [5.41, 5.74) is 6.62. The number of nitrogens with two attached hydrogens (primary N) is 1. The second kappa shape index (κ2) is 8.83. The number of amides is 1. The number of carbonyl (C=O) groups excluding carboxylic acids is 1. The van der Waals surface area contributed by atoms with E-state index in [-0.39, 0.29) is 36.5 Å². The first-order chi connectivity index (χ1) is 11.0. The Morgan fingerprint density at radius 2 is 2.00 bits per heavy atom. The Labute approximate surface area is 159 Å². The molecule has 0 unspecified atom stereocenters. The topological polar surface area (TPSA) is 72.9 Å². The maximum absolute atomic E-state index is 13.8. The average molecular weight is 391 g/mol. The highest BCUT2D eigenvalue weighted by Crippen LogP contribution is 2.26. The number of nitrogens with one attached hydrogen (secondary N) is 1. The summed E-state index contributed by atoms with van der Waals surface area (Å²) in [5, 5.41) is 2.92. The SMILES string of the molecule is Cl.Cl.Cn1c(CCNC(=O)C2(N)CCCCC2)nc2c(F)cccc21. The summed E-state index contributed by atoms with van der Waals surface area (Å²) in [4.78, 5) is 16.6. The van der Waals surface area contributed by atoms with E-state index in [9.17, 15) is 9.18 Å². The van der Waals surface area contributed by atoms with Crippen molar-refractivity contribution in [1.29, 1.82) is 0 Å². The lowest BCUT2D eigenvalue weighted by molar-refractivity contribution is -0.127. The number of nitrogens with zero attached hydrogens (tertiary/aromatic N) is 2. The van der Waals surface area contributed by atoms with Gasteiger partial charge in [0.05, 0.1) is 11.1 Å². The number of fused-ring (bicyclic) bond motifs is 1. The molecule has 1 amide bonds. The molecule has 3 rings (SSSR count). The predicted octanol–water partition coefficient (Wildman–Crippen LogP) is 2.88. The Bertz CT molecular complexity index is 729. The van der Waals surface area contributed by atoms with Gasteiger partial charge < -0.3 is 15.6 Å². The van der Waals surface area contributed by atoms with Gasteiger partial charge in [0.2, 0.25) is 5.91 Å². The lowest BCUT2D eigenvalue weighted by Crippen LogP contribution is -2.55. The first kappa shape index (κ1) is 21.7. The van der Waals surface area contributed by atoms with Gasteiger partial charge in [-0.2, -0.15) is 0 Å². The van der Waals surface area contributed by atoms with Crippen LogP contribution in [0.15, 0.2) is 18.2 Å². The fourth-order valence-electron chi connectivity index (χ4n) is 3.33. The summed E-state index contributed by atoms with van der Waals surface area (Å²) in [5.74, 6) is 0.346. The summed E-state index contributed by atoms with van der Waals surface area (Å²) >= 11 is 0. The molecule has 1 saturated carbocycles. The van der Waals surface area contributed by atoms with Crippen LogP contribution in [0.5, 0.6) is 0 Å². The van der Waals surface area contributed by atoms with Gasteiger partial charge in [-0.05, 0) is 25.0 Å². The van der Waals surface area contributed by atoms with Gasteiger partial charge in [0, 0.05) is 20.0 Å². The summed E-state index contributed by atoms with van der Waals surface area (Å²) < 4.78 is 15.6. The molecule has 0 radical (unpaired) electrons. The van der Waals surface area contributed by atoms with Crippen molar-refractivity contribution < 1.29 is 9.18 Å². The van der Waals surface area contributed by atoms with Crippen molar-refractivity contribution in [3.63, 3.8) is 0 Å². The third-order valence-corrected chi connectivity index (χ3v) is 4.79. The van der Waals surface area contributed by atoms with Crippen molar-refractivity contribution in [2.24, 2.45) is 12.8 Å². The Balaban J connectivity index is 0.00000156. The number of halogens is 3. The Kier molecular flexibility index (Phi) is 7.65. The highest BCUT2D eigenvalue weighted by molar-refractivity contribution is 5.86. The van der Waals surface area contributed by atoms with E-state index in [0.29, 0.717) is 18.5 Å². The third-order valence-electron chi connectivity index (χ3n) is 4.79. The van der Waals surface area contributed by atoms with E-state index in [1.807, 2.05) is 17.7 Å². The van der Waals surface area contributed by atoms with Crippen molar-refractivity contribution in [3.05, 3.63) is 29.8 Å². The van der Waals surface area contributed by atoms with Gasteiger partial charge in [0.1, 0.15) is 11.3 Å². The summed E-state index contributed by atoms with van der Waals surface area (Å²) in [6.45, 7) is 0.455. The largest absolute Gasteiger partial charge is 0.354 e. The molecular formula is C17H25Cl2FN4O. The number of carbonyl (C=O) groups is 1.